The normalized spacial score (nSPS) is 12.3. The molecule has 6 nitrogen and oxygen atoms in total. The molecule has 1 N–H and O–H groups in total. The second-order valence-corrected chi connectivity index (χ2v) is 4.23. The molecule has 100 valence electrons. The van der Waals surface area contributed by atoms with Gasteiger partial charge in [0.1, 0.15) is 5.82 Å². The molecule has 1 aromatic heterocycles. The van der Waals surface area contributed by atoms with E-state index in [1.54, 1.807) is 25.1 Å². The summed E-state index contributed by atoms with van der Waals surface area (Å²) in [7, 11) is 0. The number of nitrogens with zero attached hydrogens (tertiary/aromatic N) is 4. The fourth-order valence-corrected chi connectivity index (χ4v) is 1.63. The summed E-state index contributed by atoms with van der Waals surface area (Å²) in [4.78, 5) is 10.7. The van der Waals surface area contributed by atoms with Crippen LogP contribution in [0.25, 0.3) is 11.4 Å². The number of aromatic nitrogens is 4. The molecular formula is C12H13FN4O2. The van der Waals surface area contributed by atoms with Crippen LogP contribution in [0.5, 0.6) is 0 Å². The van der Waals surface area contributed by atoms with Gasteiger partial charge in [-0.15, -0.1) is 5.10 Å². The largest absolute Gasteiger partial charge is 0.481 e. The van der Waals surface area contributed by atoms with Crippen molar-refractivity contribution >= 4 is 5.97 Å². The summed E-state index contributed by atoms with van der Waals surface area (Å²) >= 11 is 0. The summed E-state index contributed by atoms with van der Waals surface area (Å²) in [6, 6.07) is 6.18. The molecule has 7 heteroatoms. The lowest BCUT2D eigenvalue weighted by molar-refractivity contribution is -0.141. The molecule has 2 aromatic rings. The Balaban J connectivity index is 2.19. The SMILES string of the molecule is CC(CCn1nnnc1-c1ccccc1F)C(=O)O. The minimum atomic E-state index is -0.875. The third-order valence-corrected chi connectivity index (χ3v) is 2.84. The van der Waals surface area contributed by atoms with Crippen LogP contribution in [0.4, 0.5) is 4.39 Å². The van der Waals surface area contributed by atoms with E-state index in [4.69, 9.17) is 5.11 Å². The Hall–Kier alpha value is -2.31. The average molecular weight is 264 g/mol. The number of hydrogen-bond acceptors (Lipinski definition) is 4. The molecule has 0 aliphatic heterocycles. The molecule has 19 heavy (non-hydrogen) atoms. The van der Waals surface area contributed by atoms with Crippen LogP contribution in [-0.4, -0.2) is 31.3 Å². The summed E-state index contributed by atoms with van der Waals surface area (Å²) < 4.78 is 15.1. The smallest absolute Gasteiger partial charge is 0.306 e. The lowest BCUT2D eigenvalue weighted by Gasteiger charge is -2.07. The zero-order valence-electron chi connectivity index (χ0n) is 10.3. The topological polar surface area (TPSA) is 80.9 Å². The van der Waals surface area contributed by atoms with Gasteiger partial charge in [-0.1, -0.05) is 19.1 Å². The molecule has 0 amide bonds. The predicted molar refractivity (Wildman–Crippen MR) is 64.6 cm³/mol. The number of hydrogen-bond donors (Lipinski definition) is 1. The Bertz CT molecular complexity index is 585. The molecule has 1 heterocycles. The summed E-state index contributed by atoms with van der Waals surface area (Å²) in [6.45, 7) is 1.93. The maximum Gasteiger partial charge on any atom is 0.306 e. The van der Waals surface area contributed by atoms with Crippen LogP contribution in [-0.2, 0) is 11.3 Å². The van der Waals surface area contributed by atoms with Crippen molar-refractivity contribution in [3.8, 4) is 11.4 Å². The number of tetrazole rings is 1. The molecule has 1 atom stereocenters. The third-order valence-electron chi connectivity index (χ3n) is 2.84. The molecule has 1 unspecified atom stereocenters. The number of benzene rings is 1. The fourth-order valence-electron chi connectivity index (χ4n) is 1.63. The highest BCUT2D eigenvalue weighted by Gasteiger charge is 2.15. The van der Waals surface area contributed by atoms with Crippen LogP contribution < -0.4 is 0 Å². The van der Waals surface area contributed by atoms with Gasteiger partial charge in [0, 0.05) is 6.54 Å². The molecular weight excluding hydrogens is 251 g/mol. The second-order valence-electron chi connectivity index (χ2n) is 4.23. The van der Waals surface area contributed by atoms with Crippen molar-refractivity contribution in [1.29, 1.82) is 0 Å². The Labute approximate surface area is 108 Å². The number of carbonyl (C=O) groups is 1. The van der Waals surface area contributed by atoms with Crippen LogP contribution in [0.1, 0.15) is 13.3 Å². The Morgan fingerprint density at radius 1 is 1.47 bits per heavy atom. The zero-order chi connectivity index (χ0) is 13.8. The van der Waals surface area contributed by atoms with Crippen molar-refractivity contribution in [2.24, 2.45) is 5.92 Å². The van der Waals surface area contributed by atoms with E-state index in [-0.39, 0.29) is 0 Å². The average Bonchev–Trinajstić information content (AvgIpc) is 2.84. The van der Waals surface area contributed by atoms with Gasteiger partial charge in [0.25, 0.3) is 0 Å². The van der Waals surface area contributed by atoms with Gasteiger partial charge in [-0.3, -0.25) is 4.79 Å². The molecule has 0 radical (unpaired) electrons. The summed E-state index contributed by atoms with van der Waals surface area (Å²) in [5.41, 5.74) is 0.301. The number of aliphatic carboxylic acids is 1. The Morgan fingerprint density at radius 2 is 2.21 bits per heavy atom. The third kappa shape index (κ3) is 2.93. The number of aryl methyl sites for hydroxylation is 1. The lowest BCUT2D eigenvalue weighted by atomic mass is 10.1. The van der Waals surface area contributed by atoms with Crippen LogP contribution in [0.3, 0.4) is 0 Å². The van der Waals surface area contributed by atoms with Gasteiger partial charge in [0.15, 0.2) is 5.82 Å². The van der Waals surface area contributed by atoms with Crippen molar-refractivity contribution in [2.75, 3.05) is 0 Å². The zero-order valence-corrected chi connectivity index (χ0v) is 10.3. The highest BCUT2D eigenvalue weighted by molar-refractivity contribution is 5.69. The van der Waals surface area contributed by atoms with E-state index in [0.29, 0.717) is 24.4 Å². The number of carboxylic acids is 1. The van der Waals surface area contributed by atoms with Crippen LogP contribution in [0.15, 0.2) is 24.3 Å². The maximum absolute atomic E-state index is 13.7. The molecule has 0 saturated heterocycles. The summed E-state index contributed by atoms with van der Waals surface area (Å²) in [5.74, 6) is -1.49. The van der Waals surface area contributed by atoms with Gasteiger partial charge in [0.05, 0.1) is 11.5 Å². The van der Waals surface area contributed by atoms with Gasteiger partial charge in [-0.05, 0) is 29.0 Å². The molecule has 0 saturated carbocycles. The van der Waals surface area contributed by atoms with E-state index < -0.39 is 17.7 Å². The van der Waals surface area contributed by atoms with E-state index >= 15 is 0 Å². The van der Waals surface area contributed by atoms with E-state index in [2.05, 4.69) is 15.5 Å². The highest BCUT2D eigenvalue weighted by Crippen LogP contribution is 2.19. The first-order valence-electron chi connectivity index (χ1n) is 5.83. The van der Waals surface area contributed by atoms with E-state index in [9.17, 15) is 9.18 Å². The van der Waals surface area contributed by atoms with Crippen LogP contribution in [0, 0.1) is 11.7 Å². The van der Waals surface area contributed by atoms with Gasteiger partial charge >= 0.3 is 5.97 Å². The Morgan fingerprint density at radius 3 is 2.89 bits per heavy atom. The van der Waals surface area contributed by atoms with E-state index in [0.717, 1.165) is 0 Å². The number of carboxylic acid groups (broad SMARTS) is 1. The number of rotatable bonds is 5. The van der Waals surface area contributed by atoms with Crippen molar-refractivity contribution in [3.63, 3.8) is 0 Å². The molecule has 0 aliphatic rings. The molecule has 1 aromatic carbocycles. The predicted octanol–water partition coefficient (Wildman–Crippen LogP) is 1.59. The molecule has 0 fully saturated rings. The molecule has 0 bridgehead atoms. The first-order chi connectivity index (χ1) is 9.09. The Kier molecular flexibility index (Phi) is 3.84. The second kappa shape index (κ2) is 5.55. The first kappa shape index (κ1) is 13.1. The monoisotopic (exact) mass is 264 g/mol. The van der Waals surface area contributed by atoms with Crippen LogP contribution >= 0.6 is 0 Å². The van der Waals surface area contributed by atoms with Crippen molar-refractivity contribution in [2.45, 2.75) is 19.9 Å². The fraction of sp³-hybridized carbons (Fsp3) is 0.333. The summed E-state index contributed by atoms with van der Waals surface area (Å²) in [6.07, 6.45) is 0.377. The van der Waals surface area contributed by atoms with Gasteiger partial charge in [-0.2, -0.15) is 0 Å². The van der Waals surface area contributed by atoms with Crippen molar-refractivity contribution < 1.29 is 14.3 Å². The van der Waals surface area contributed by atoms with Crippen molar-refractivity contribution in [3.05, 3.63) is 30.1 Å². The van der Waals surface area contributed by atoms with Gasteiger partial charge in [-0.25, -0.2) is 9.07 Å². The van der Waals surface area contributed by atoms with Crippen LogP contribution in [0.2, 0.25) is 0 Å². The van der Waals surface area contributed by atoms with E-state index in [1.807, 2.05) is 0 Å². The van der Waals surface area contributed by atoms with Crippen molar-refractivity contribution in [1.82, 2.24) is 20.2 Å². The van der Waals surface area contributed by atoms with Gasteiger partial charge < -0.3 is 5.11 Å². The van der Waals surface area contributed by atoms with E-state index in [1.165, 1.54) is 10.7 Å². The standard InChI is InChI=1S/C12H13FN4O2/c1-8(12(18)19)6-7-17-11(14-15-16-17)9-4-2-3-5-10(9)13/h2-5,8H,6-7H2,1H3,(H,18,19). The lowest BCUT2D eigenvalue weighted by Crippen LogP contribution is -2.14. The number of halogens is 1. The first-order valence-corrected chi connectivity index (χ1v) is 5.83. The van der Waals surface area contributed by atoms with Gasteiger partial charge in [0.2, 0.25) is 0 Å². The molecule has 0 spiro atoms. The highest BCUT2D eigenvalue weighted by atomic mass is 19.1. The quantitative estimate of drug-likeness (QED) is 0.886. The molecule has 2 rings (SSSR count). The molecule has 0 aliphatic carbocycles. The minimum Gasteiger partial charge on any atom is -0.481 e. The summed E-state index contributed by atoms with van der Waals surface area (Å²) in [5, 5.41) is 19.9. The minimum absolute atomic E-state index is 0.301. The maximum atomic E-state index is 13.7.